The van der Waals surface area contributed by atoms with Crippen LogP contribution in [0.25, 0.3) is 0 Å². The number of amides is 2. The Morgan fingerprint density at radius 3 is 3.04 bits per heavy atom. The predicted molar refractivity (Wildman–Crippen MR) is 107 cm³/mol. The lowest BCUT2D eigenvalue weighted by molar-refractivity contribution is -0.148. The third-order valence-corrected chi connectivity index (χ3v) is 7.33. The van der Waals surface area contributed by atoms with E-state index < -0.39 is 0 Å². The Hall–Kier alpha value is -2.35. The van der Waals surface area contributed by atoms with E-state index in [0.717, 1.165) is 37.5 Å². The second kappa shape index (κ2) is 7.24. The molecule has 3 saturated heterocycles. The first-order valence-corrected chi connectivity index (χ1v) is 11.0. The zero-order chi connectivity index (χ0) is 19.1. The molecule has 4 atom stereocenters. The van der Waals surface area contributed by atoms with Crippen LogP contribution in [0.5, 0.6) is 0 Å². The van der Waals surface area contributed by atoms with Gasteiger partial charge in [-0.2, -0.15) is 0 Å². The van der Waals surface area contributed by atoms with Gasteiger partial charge in [0.15, 0.2) is 5.13 Å². The van der Waals surface area contributed by atoms with Crippen molar-refractivity contribution in [2.75, 3.05) is 24.5 Å². The van der Waals surface area contributed by atoms with Gasteiger partial charge in [0.1, 0.15) is 5.69 Å². The number of hydrogen-bond acceptors (Lipinski definition) is 5. The first-order valence-electron chi connectivity index (χ1n) is 10.1. The summed E-state index contributed by atoms with van der Waals surface area (Å²) in [6.45, 7) is 2.37. The quantitative estimate of drug-likeness (QED) is 0.825. The molecule has 3 fully saturated rings. The summed E-state index contributed by atoms with van der Waals surface area (Å²) < 4.78 is 0. The van der Waals surface area contributed by atoms with E-state index in [0.29, 0.717) is 30.5 Å². The molecule has 148 valence electrons. The number of aromatic nitrogens is 2. The second-order valence-electron chi connectivity index (χ2n) is 8.10. The largest absolute Gasteiger partial charge is 0.357 e. The van der Waals surface area contributed by atoms with Crippen molar-refractivity contribution in [3.8, 4) is 0 Å². The highest BCUT2D eigenvalue weighted by molar-refractivity contribution is 7.13. The van der Waals surface area contributed by atoms with Crippen LogP contribution in [0.3, 0.4) is 0 Å². The second-order valence-corrected chi connectivity index (χ2v) is 8.97. The molecular formula is C20H25N5O2S. The van der Waals surface area contributed by atoms with Crippen molar-refractivity contribution in [3.63, 3.8) is 0 Å². The van der Waals surface area contributed by atoms with Crippen LogP contribution in [0.4, 0.5) is 5.13 Å². The summed E-state index contributed by atoms with van der Waals surface area (Å²) in [5.74, 6) is 0.987. The van der Waals surface area contributed by atoms with Gasteiger partial charge < -0.3 is 20.1 Å². The lowest BCUT2D eigenvalue weighted by Gasteiger charge is -2.56. The van der Waals surface area contributed by atoms with Gasteiger partial charge in [0.05, 0.1) is 6.04 Å². The van der Waals surface area contributed by atoms with Crippen molar-refractivity contribution >= 4 is 28.3 Å². The highest BCUT2D eigenvalue weighted by Crippen LogP contribution is 2.42. The third-order valence-electron chi connectivity index (χ3n) is 6.50. The van der Waals surface area contributed by atoms with E-state index in [1.54, 1.807) is 23.6 Å². The van der Waals surface area contributed by atoms with Gasteiger partial charge in [0.2, 0.25) is 5.91 Å². The van der Waals surface area contributed by atoms with E-state index in [4.69, 9.17) is 0 Å². The zero-order valence-corrected chi connectivity index (χ0v) is 16.5. The van der Waals surface area contributed by atoms with Crippen LogP contribution >= 0.6 is 11.3 Å². The van der Waals surface area contributed by atoms with Crippen molar-refractivity contribution in [2.45, 2.75) is 37.8 Å². The normalized spacial score (nSPS) is 29.5. The monoisotopic (exact) mass is 399 g/mol. The Morgan fingerprint density at radius 1 is 1.36 bits per heavy atom. The lowest BCUT2D eigenvalue weighted by atomic mass is 9.72. The van der Waals surface area contributed by atoms with Crippen LogP contribution < -0.4 is 10.2 Å². The third kappa shape index (κ3) is 3.09. The number of nitrogens with zero attached hydrogens (tertiary/aromatic N) is 3. The smallest absolute Gasteiger partial charge is 0.267 e. The Labute approximate surface area is 168 Å². The van der Waals surface area contributed by atoms with Crippen LogP contribution in [0.2, 0.25) is 0 Å². The fraction of sp³-hybridized carbons (Fsp3) is 0.550. The van der Waals surface area contributed by atoms with E-state index in [1.807, 2.05) is 17.6 Å². The summed E-state index contributed by atoms with van der Waals surface area (Å²) in [7, 11) is 0. The molecule has 0 radical (unpaired) electrons. The van der Waals surface area contributed by atoms with Gasteiger partial charge in [-0.3, -0.25) is 9.59 Å². The molecule has 0 unspecified atom stereocenters. The first kappa shape index (κ1) is 17.7. The minimum absolute atomic E-state index is 0.0516. The van der Waals surface area contributed by atoms with Gasteiger partial charge in [-0.25, -0.2) is 4.98 Å². The zero-order valence-electron chi connectivity index (χ0n) is 15.7. The number of rotatable bonds is 4. The Kier molecular flexibility index (Phi) is 4.58. The van der Waals surface area contributed by atoms with Gasteiger partial charge in [-0.1, -0.05) is 0 Å². The maximum absolute atomic E-state index is 12.8. The SMILES string of the molecule is O=C(NC[C@H]1[C@H]2C[C@H](CN(c3nccs3)C2)[C@@H]2CCCC(=O)N21)c1ccc[nH]1. The fourth-order valence-corrected chi connectivity index (χ4v) is 5.99. The molecule has 2 aromatic rings. The number of carbonyl (C=O) groups excluding carboxylic acids is 2. The van der Waals surface area contributed by atoms with Crippen molar-refractivity contribution in [1.29, 1.82) is 0 Å². The Balaban J connectivity index is 1.38. The number of fused-ring (bicyclic) bond motifs is 4. The Bertz CT molecular complexity index is 837. The van der Waals surface area contributed by atoms with Crippen molar-refractivity contribution < 1.29 is 9.59 Å². The van der Waals surface area contributed by atoms with Crippen molar-refractivity contribution in [3.05, 3.63) is 35.6 Å². The molecule has 3 aliphatic rings. The van der Waals surface area contributed by atoms with Gasteiger partial charge >= 0.3 is 0 Å². The number of nitrogens with one attached hydrogen (secondary N) is 2. The number of H-pyrrole nitrogens is 1. The molecule has 2 amide bonds. The van der Waals surface area contributed by atoms with Gasteiger partial charge in [-0.15, -0.1) is 11.3 Å². The maximum atomic E-state index is 12.8. The topological polar surface area (TPSA) is 81.3 Å². The Morgan fingerprint density at radius 2 is 2.25 bits per heavy atom. The van der Waals surface area contributed by atoms with Crippen LogP contribution in [0.1, 0.15) is 36.2 Å². The van der Waals surface area contributed by atoms with Crippen LogP contribution in [0, 0.1) is 11.8 Å². The van der Waals surface area contributed by atoms with Crippen molar-refractivity contribution in [1.82, 2.24) is 20.2 Å². The summed E-state index contributed by atoms with van der Waals surface area (Å²) in [4.78, 5) is 37.3. The van der Waals surface area contributed by atoms with Gasteiger partial charge in [0, 0.05) is 49.9 Å². The summed E-state index contributed by atoms with van der Waals surface area (Å²) in [5, 5.41) is 6.15. The molecule has 2 N–H and O–H groups in total. The molecule has 28 heavy (non-hydrogen) atoms. The predicted octanol–water partition coefficient (Wildman–Crippen LogP) is 2.11. The number of hydrogen-bond donors (Lipinski definition) is 2. The molecule has 8 heteroatoms. The molecular weight excluding hydrogens is 374 g/mol. The average Bonchev–Trinajstić information content (AvgIpc) is 3.42. The molecule has 5 heterocycles. The van der Waals surface area contributed by atoms with E-state index in [1.165, 1.54) is 0 Å². The summed E-state index contributed by atoms with van der Waals surface area (Å²) in [5.41, 5.74) is 0.559. The van der Waals surface area contributed by atoms with E-state index >= 15 is 0 Å². The lowest BCUT2D eigenvalue weighted by Crippen LogP contribution is -2.67. The molecule has 5 rings (SSSR count). The highest BCUT2D eigenvalue weighted by atomic mass is 32.1. The highest BCUT2D eigenvalue weighted by Gasteiger charge is 2.49. The molecule has 0 aromatic carbocycles. The van der Waals surface area contributed by atoms with Gasteiger partial charge in [-0.05, 0) is 43.2 Å². The average molecular weight is 400 g/mol. The van der Waals surface area contributed by atoms with Crippen LogP contribution in [-0.2, 0) is 4.79 Å². The molecule has 0 saturated carbocycles. The van der Waals surface area contributed by atoms with E-state index in [-0.39, 0.29) is 23.9 Å². The molecule has 2 bridgehead atoms. The molecule has 2 aromatic heterocycles. The van der Waals surface area contributed by atoms with Gasteiger partial charge in [0.25, 0.3) is 5.91 Å². The van der Waals surface area contributed by atoms with Crippen molar-refractivity contribution in [2.24, 2.45) is 11.8 Å². The minimum atomic E-state index is -0.110. The molecule has 0 spiro atoms. The minimum Gasteiger partial charge on any atom is -0.357 e. The number of aromatic amines is 1. The van der Waals surface area contributed by atoms with E-state index in [2.05, 4.69) is 25.1 Å². The van der Waals surface area contributed by atoms with Crippen LogP contribution in [0.15, 0.2) is 29.9 Å². The molecule has 3 aliphatic heterocycles. The number of carbonyl (C=O) groups is 2. The number of thiazole rings is 1. The number of piperidine rings is 3. The standard InChI is InChI=1S/C20H25N5O2S/c26-18-5-1-4-16-13-9-14(12-24(11-13)20-22-7-8-28-20)17(25(16)18)10-23-19(27)15-3-2-6-21-15/h2-3,6-8,13-14,16-17,21H,1,4-5,9-12H2,(H,23,27)/t13-,14+,16+,17+/m1/s1. The molecule has 7 nitrogen and oxygen atoms in total. The summed E-state index contributed by atoms with van der Waals surface area (Å²) >= 11 is 1.68. The summed E-state index contributed by atoms with van der Waals surface area (Å²) in [6, 6.07) is 3.92. The molecule has 0 aliphatic carbocycles. The first-order chi connectivity index (χ1) is 13.7. The number of anilines is 1. The van der Waals surface area contributed by atoms with E-state index in [9.17, 15) is 9.59 Å². The van der Waals surface area contributed by atoms with Crippen LogP contribution in [-0.4, -0.2) is 58.4 Å². The summed E-state index contributed by atoms with van der Waals surface area (Å²) in [6.07, 6.45) is 7.40. The maximum Gasteiger partial charge on any atom is 0.267 e. The fourth-order valence-electron chi connectivity index (χ4n) is 5.33.